The fourth-order valence-electron chi connectivity index (χ4n) is 2.48. The maximum absolute atomic E-state index is 12.1. The molecule has 16 heteroatoms. The lowest BCUT2D eigenvalue weighted by Crippen LogP contribution is -2.39. The van der Waals surface area contributed by atoms with E-state index in [1.165, 1.54) is 13.3 Å². The molecule has 0 spiro atoms. The number of aromatic nitrogens is 2. The summed E-state index contributed by atoms with van der Waals surface area (Å²) in [6, 6.07) is 1.11. The minimum absolute atomic E-state index is 0.414. The number of aromatic amines is 1. The number of nitrogens with one attached hydrogen (secondary N) is 1. The second-order valence-corrected chi connectivity index (χ2v) is 10.4. The Morgan fingerprint density at radius 1 is 1.37 bits per heavy atom. The molecule has 0 radical (unpaired) electrons. The summed E-state index contributed by atoms with van der Waals surface area (Å²) in [7, 11) is -0.393. The van der Waals surface area contributed by atoms with Crippen molar-refractivity contribution < 1.29 is 37.4 Å². The summed E-state index contributed by atoms with van der Waals surface area (Å²) < 4.78 is 38.6. The number of ether oxygens (including phenoxy) is 2. The number of methoxy groups -OCH3 is 1. The monoisotopic (exact) mass is 444 g/mol. The number of hydrogen-bond donors (Lipinski definition) is 3. The van der Waals surface area contributed by atoms with Gasteiger partial charge in [0.1, 0.15) is 18.3 Å². The summed E-state index contributed by atoms with van der Waals surface area (Å²) in [5.74, 6) is 0. The van der Waals surface area contributed by atoms with E-state index in [-0.39, 0.29) is 0 Å². The van der Waals surface area contributed by atoms with Crippen molar-refractivity contribution in [3.05, 3.63) is 33.1 Å². The van der Waals surface area contributed by atoms with Crippen LogP contribution in [0.3, 0.4) is 0 Å². The third-order valence-electron chi connectivity index (χ3n) is 3.65. The van der Waals surface area contributed by atoms with E-state index in [1.54, 1.807) is 0 Å². The summed E-state index contributed by atoms with van der Waals surface area (Å²) in [6.07, 6.45) is -3.02. The van der Waals surface area contributed by atoms with Gasteiger partial charge in [0.15, 0.2) is 6.23 Å². The molecule has 3 unspecified atom stereocenters. The highest BCUT2D eigenvalue weighted by molar-refractivity contribution is 8.07. The average Bonchev–Trinajstić information content (AvgIpc) is 2.89. The maximum atomic E-state index is 12.1. The van der Waals surface area contributed by atoms with Crippen LogP contribution in [0, 0.1) is 0 Å². The van der Waals surface area contributed by atoms with Gasteiger partial charge < -0.3 is 28.3 Å². The van der Waals surface area contributed by atoms with E-state index in [1.807, 2.05) is 0 Å². The standard InChI is InChI=1S/C11H19BN2O10P2S/c1-20-9-8(24-26(19,27)21-2)6(5-22-25(12,17)18)23-10(9)14-4-3-7(15)13-11(14)16/h3-4,6,8-10H,5,12H2,1-2H3,(H,17,18)(H,19,27)(H,13,15,16)/t6-,8?,9+,10-,26?/m1/s1. The Kier molecular flexibility index (Phi) is 7.37. The van der Waals surface area contributed by atoms with Crippen molar-refractivity contribution in [2.75, 3.05) is 20.8 Å². The molecule has 0 saturated carbocycles. The van der Waals surface area contributed by atoms with E-state index in [0.717, 1.165) is 25.3 Å². The van der Waals surface area contributed by atoms with Gasteiger partial charge in [0.05, 0.1) is 6.61 Å². The number of nitrogens with zero attached hydrogens (tertiary/aromatic N) is 1. The largest absolute Gasteiger partial charge is 0.374 e. The molecule has 152 valence electrons. The molecular weight excluding hydrogens is 425 g/mol. The van der Waals surface area contributed by atoms with Crippen LogP contribution in [0.2, 0.25) is 0 Å². The van der Waals surface area contributed by atoms with E-state index >= 15 is 0 Å². The third kappa shape index (κ3) is 5.91. The lowest BCUT2D eigenvalue weighted by molar-refractivity contribution is -0.0606. The Morgan fingerprint density at radius 3 is 2.56 bits per heavy atom. The molecule has 0 aliphatic carbocycles. The molecule has 3 N–H and O–H groups in total. The summed E-state index contributed by atoms with van der Waals surface area (Å²) in [6.45, 7) is -4.09. The smallest absolute Gasteiger partial charge is 0.330 e. The molecule has 1 aliphatic rings. The van der Waals surface area contributed by atoms with Crippen LogP contribution >= 0.6 is 14.2 Å². The molecule has 1 aromatic rings. The van der Waals surface area contributed by atoms with Gasteiger partial charge in [-0.2, -0.15) is 0 Å². The first-order valence-electron chi connectivity index (χ1n) is 7.49. The molecule has 6 atom stereocenters. The predicted molar refractivity (Wildman–Crippen MR) is 98.7 cm³/mol. The van der Waals surface area contributed by atoms with Gasteiger partial charge in [0.2, 0.25) is 0 Å². The molecule has 1 saturated heterocycles. The van der Waals surface area contributed by atoms with Crippen molar-refractivity contribution in [3.63, 3.8) is 0 Å². The van der Waals surface area contributed by atoms with Gasteiger partial charge in [-0.25, -0.2) is 4.79 Å². The van der Waals surface area contributed by atoms with Crippen LogP contribution in [0.4, 0.5) is 0 Å². The molecule has 27 heavy (non-hydrogen) atoms. The first-order chi connectivity index (χ1) is 12.5. The zero-order chi connectivity index (χ0) is 20.4. The molecular formula is C11H19BN2O10P2S. The maximum Gasteiger partial charge on any atom is 0.330 e. The van der Waals surface area contributed by atoms with E-state index < -0.39 is 56.6 Å². The highest BCUT2D eigenvalue weighted by atomic mass is 32.5. The van der Waals surface area contributed by atoms with Crippen LogP contribution in [0.1, 0.15) is 6.23 Å². The normalized spacial score (nSPS) is 29.9. The Labute approximate surface area is 159 Å². The predicted octanol–water partition coefficient (Wildman–Crippen LogP) is -1.55. The molecule has 1 aliphatic heterocycles. The van der Waals surface area contributed by atoms with Gasteiger partial charge in [-0.05, 0) is 11.8 Å². The van der Waals surface area contributed by atoms with Crippen LogP contribution < -0.4 is 11.2 Å². The molecule has 0 amide bonds. The van der Waals surface area contributed by atoms with Crippen molar-refractivity contribution in [2.24, 2.45) is 0 Å². The van der Waals surface area contributed by atoms with Crippen LogP contribution in [0.25, 0.3) is 0 Å². The second kappa shape index (κ2) is 8.79. The van der Waals surface area contributed by atoms with E-state index in [2.05, 4.69) is 4.98 Å². The summed E-state index contributed by atoms with van der Waals surface area (Å²) in [5.41, 5.74) is -1.37. The van der Waals surface area contributed by atoms with Gasteiger partial charge >= 0.3 is 12.4 Å². The summed E-state index contributed by atoms with van der Waals surface area (Å²) >= 11 is 4.84. The quantitative estimate of drug-likeness (QED) is 0.315. The number of rotatable bonds is 8. The SMILES string of the molecule is BP(=O)(O)OC[C@H]1O[C@@H](n2ccc(=O)[nH]c2=O)[C@@H](OC)C1OP(O)(=S)OC. The molecule has 0 aromatic carbocycles. The van der Waals surface area contributed by atoms with Crippen molar-refractivity contribution in [1.82, 2.24) is 9.55 Å². The lowest BCUT2D eigenvalue weighted by atomic mass is 10.1. The Bertz CT molecular complexity index is 871. The highest BCUT2D eigenvalue weighted by Gasteiger charge is 2.49. The van der Waals surface area contributed by atoms with Crippen LogP contribution in [0.5, 0.6) is 0 Å². The Balaban J connectivity index is 2.39. The van der Waals surface area contributed by atoms with E-state index in [0.29, 0.717) is 0 Å². The molecule has 12 nitrogen and oxygen atoms in total. The van der Waals surface area contributed by atoms with Gasteiger partial charge in [0.25, 0.3) is 20.6 Å². The second-order valence-electron chi connectivity index (χ2n) is 5.60. The zero-order valence-corrected chi connectivity index (χ0v) is 17.2. The third-order valence-corrected chi connectivity index (χ3v) is 5.95. The van der Waals surface area contributed by atoms with Crippen molar-refractivity contribution >= 4 is 33.6 Å². The summed E-state index contributed by atoms with van der Waals surface area (Å²) in [4.78, 5) is 44.8. The van der Waals surface area contributed by atoms with E-state index in [4.69, 9.17) is 34.9 Å². The van der Waals surface area contributed by atoms with Gasteiger partial charge in [-0.3, -0.25) is 23.4 Å². The van der Waals surface area contributed by atoms with Crippen LogP contribution in [-0.2, 0) is 39.4 Å². The van der Waals surface area contributed by atoms with Crippen LogP contribution in [0.15, 0.2) is 21.9 Å². The van der Waals surface area contributed by atoms with Gasteiger partial charge in [-0.15, -0.1) is 0 Å². The minimum Gasteiger partial charge on any atom is -0.374 e. The van der Waals surface area contributed by atoms with Crippen molar-refractivity contribution in [2.45, 2.75) is 24.5 Å². The molecule has 1 aromatic heterocycles. The molecule has 2 heterocycles. The molecule has 2 rings (SSSR count). The van der Waals surface area contributed by atoms with Crippen LogP contribution in [-0.4, -0.2) is 66.0 Å². The van der Waals surface area contributed by atoms with E-state index in [9.17, 15) is 23.9 Å². The average molecular weight is 444 g/mol. The first-order valence-corrected chi connectivity index (χ1v) is 12.1. The first kappa shape index (κ1) is 22.6. The van der Waals surface area contributed by atoms with Gasteiger partial charge in [-0.1, -0.05) is 0 Å². The highest BCUT2D eigenvalue weighted by Crippen LogP contribution is 2.49. The zero-order valence-electron chi connectivity index (χ0n) is 14.6. The molecule has 0 bridgehead atoms. The number of H-pyrrole nitrogens is 1. The lowest BCUT2D eigenvalue weighted by Gasteiger charge is -2.26. The Morgan fingerprint density at radius 2 is 2.04 bits per heavy atom. The fourth-order valence-corrected chi connectivity index (χ4v) is 3.85. The van der Waals surface area contributed by atoms with Gasteiger partial charge in [0, 0.05) is 26.5 Å². The van der Waals surface area contributed by atoms with Crippen molar-refractivity contribution in [1.29, 1.82) is 0 Å². The molecule has 1 fully saturated rings. The van der Waals surface area contributed by atoms with Crippen molar-refractivity contribution in [3.8, 4) is 0 Å². The topological polar surface area (TPSA) is 159 Å². The minimum atomic E-state index is -3.84. The Hall–Kier alpha value is -0.655. The number of hydrogen-bond acceptors (Lipinski definition) is 9. The fraction of sp³-hybridized carbons (Fsp3) is 0.636. The summed E-state index contributed by atoms with van der Waals surface area (Å²) in [5, 5.41) is 0.